The molecule has 0 bridgehead atoms. The van der Waals surface area contributed by atoms with Gasteiger partial charge in [-0.1, -0.05) is 90.4 Å². The molecule has 23 heavy (non-hydrogen) atoms. The Balaban J connectivity index is 1.76. The molecule has 1 atom stereocenters. The third kappa shape index (κ3) is 12.0. The smallest absolute Gasteiger partial charge is 0.107 e. The Morgan fingerprint density at radius 2 is 1.09 bits per heavy atom. The quantitative estimate of drug-likeness (QED) is 0.359. The molecule has 1 saturated heterocycles. The summed E-state index contributed by atoms with van der Waals surface area (Å²) < 4.78 is 0. The number of rotatable bonds is 15. The van der Waals surface area contributed by atoms with Crippen LogP contribution in [0.2, 0.25) is 0 Å². The summed E-state index contributed by atoms with van der Waals surface area (Å²) in [6.07, 6.45) is 22.9. The van der Waals surface area contributed by atoms with Crippen LogP contribution in [0.4, 0.5) is 0 Å². The lowest BCUT2D eigenvalue weighted by molar-refractivity contribution is -0.0148. The van der Waals surface area contributed by atoms with E-state index in [4.69, 9.17) is 0 Å². The first kappa shape index (κ1) is 21.0. The van der Waals surface area contributed by atoms with E-state index in [2.05, 4.69) is 11.8 Å². The Morgan fingerprint density at radius 3 is 1.57 bits per heavy atom. The first-order valence-corrected chi connectivity index (χ1v) is 10.8. The highest BCUT2D eigenvalue weighted by Crippen LogP contribution is 2.16. The number of piperidine rings is 1. The minimum absolute atomic E-state index is 0.164. The largest absolute Gasteiger partial charge is 0.378 e. The van der Waals surface area contributed by atoms with Crippen LogP contribution in [-0.2, 0) is 0 Å². The maximum Gasteiger partial charge on any atom is 0.107 e. The Morgan fingerprint density at radius 1 is 0.652 bits per heavy atom. The number of likely N-dealkylation sites (tertiary alicyclic amines) is 1. The van der Waals surface area contributed by atoms with E-state index in [1.54, 1.807) is 0 Å². The summed E-state index contributed by atoms with van der Waals surface area (Å²) in [7, 11) is 0. The van der Waals surface area contributed by atoms with E-state index < -0.39 is 0 Å². The number of hydrogen-bond acceptors (Lipinski definition) is 2. The van der Waals surface area contributed by atoms with E-state index in [0.29, 0.717) is 0 Å². The average molecular weight is 326 g/mol. The molecular weight excluding hydrogens is 282 g/mol. The molecule has 0 aromatic carbocycles. The van der Waals surface area contributed by atoms with Gasteiger partial charge in [-0.25, -0.2) is 0 Å². The van der Waals surface area contributed by atoms with Crippen molar-refractivity contribution < 1.29 is 5.11 Å². The number of aliphatic hydroxyl groups is 1. The third-order valence-corrected chi connectivity index (χ3v) is 5.38. The molecule has 0 aromatic rings. The van der Waals surface area contributed by atoms with Crippen molar-refractivity contribution in [1.29, 1.82) is 0 Å². The van der Waals surface area contributed by atoms with Crippen molar-refractivity contribution >= 4 is 0 Å². The van der Waals surface area contributed by atoms with Gasteiger partial charge in [-0.05, 0) is 25.7 Å². The van der Waals surface area contributed by atoms with Crippen molar-refractivity contribution in [3.05, 3.63) is 0 Å². The molecule has 0 aromatic heterocycles. The molecule has 1 rings (SSSR count). The van der Waals surface area contributed by atoms with Crippen LogP contribution in [-0.4, -0.2) is 29.3 Å². The standard InChI is InChI=1S/C21H43NO/c1-2-3-4-5-6-7-8-9-10-11-12-13-15-18-21(23)22-19-16-14-17-20-22/h21,23H,2-20H2,1H3. The second-order valence-electron chi connectivity index (χ2n) is 7.61. The number of unbranched alkanes of at least 4 members (excludes halogenated alkanes) is 12. The van der Waals surface area contributed by atoms with Crippen LogP contribution >= 0.6 is 0 Å². The molecule has 0 spiro atoms. The van der Waals surface area contributed by atoms with Crippen LogP contribution in [0.3, 0.4) is 0 Å². The van der Waals surface area contributed by atoms with Crippen LogP contribution in [0.1, 0.15) is 116 Å². The van der Waals surface area contributed by atoms with Crippen LogP contribution in [0.15, 0.2) is 0 Å². The van der Waals surface area contributed by atoms with Gasteiger partial charge in [0.05, 0.1) is 0 Å². The molecule has 0 saturated carbocycles. The second-order valence-corrected chi connectivity index (χ2v) is 7.61. The summed E-state index contributed by atoms with van der Waals surface area (Å²) in [6.45, 7) is 4.51. The first-order valence-electron chi connectivity index (χ1n) is 10.8. The summed E-state index contributed by atoms with van der Waals surface area (Å²) in [5, 5.41) is 10.2. The van der Waals surface area contributed by atoms with Crippen LogP contribution in [0.5, 0.6) is 0 Å². The van der Waals surface area contributed by atoms with Crippen LogP contribution in [0, 0.1) is 0 Å². The van der Waals surface area contributed by atoms with Crippen molar-refractivity contribution in [3.63, 3.8) is 0 Å². The molecule has 0 amide bonds. The predicted octanol–water partition coefficient (Wildman–Crippen LogP) is 6.27. The monoisotopic (exact) mass is 325 g/mol. The topological polar surface area (TPSA) is 23.5 Å². The second kappa shape index (κ2) is 15.4. The molecule has 1 N–H and O–H groups in total. The van der Waals surface area contributed by atoms with Gasteiger partial charge in [0.2, 0.25) is 0 Å². The Kier molecular flexibility index (Phi) is 14.1. The fraction of sp³-hybridized carbons (Fsp3) is 1.00. The van der Waals surface area contributed by atoms with Gasteiger partial charge in [-0.3, -0.25) is 4.90 Å². The molecule has 0 radical (unpaired) electrons. The van der Waals surface area contributed by atoms with Crippen molar-refractivity contribution in [1.82, 2.24) is 4.90 Å². The van der Waals surface area contributed by atoms with E-state index in [0.717, 1.165) is 19.5 Å². The van der Waals surface area contributed by atoms with Gasteiger partial charge in [0.1, 0.15) is 6.23 Å². The minimum Gasteiger partial charge on any atom is -0.378 e. The van der Waals surface area contributed by atoms with Crippen molar-refractivity contribution in [2.75, 3.05) is 13.1 Å². The molecule has 0 aliphatic carbocycles. The van der Waals surface area contributed by atoms with Gasteiger partial charge in [0.25, 0.3) is 0 Å². The number of hydrogen-bond donors (Lipinski definition) is 1. The zero-order valence-electron chi connectivity index (χ0n) is 15.9. The van der Waals surface area contributed by atoms with Gasteiger partial charge in [0.15, 0.2) is 0 Å². The maximum absolute atomic E-state index is 10.2. The van der Waals surface area contributed by atoms with Gasteiger partial charge in [0, 0.05) is 13.1 Å². The van der Waals surface area contributed by atoms with Gasteiger partial charge < -0.3 is 5.11 Å². The highest BCUT2D eigenvalue weighted by atomic mass is 16.3. The van der Waals surface area contributed by atoms with Gasteiger partial charge in [-0.15, -0.1) is 0 Å². The molecule has 1 heterocycles. The number of aliphatic hydroxyl groups excluding tert-OH is 1. The highest BCUT2D eigenvalue weighted by Gasteiger charge is 2.17. The fourth-order valence-corrected chi connectivity index (χ4v) is 3.74. The molecule has 1 unspecified atom stereocenters. The lowest BCUT2D eigenvalue weighted by atomic mass is 10.0. The summed E-state index contributed by atoms with van der Waals surface area (Å²) in [4.78, 5) is 2.28. The summed E-state index contributed by atoms with van der Waals surface area (Å²) >= 11 is 0. The SMILES string of the molecule is CCCCCCCCCCCCCCCC(O)N1CCCCC1. The van der Waals surface area contributed by atoms with Crippen molar-refractivity contribution in [2.24, 2.45) is 0 Å². The molecule has 2 nitrogen and oxygen atoms in total. The van der Waals surface area contributed by atoms with E-state index in [-0.39, 0.29) is 6.23 Å². The molecule has 2 heteroatoms. The average Bonchev–Trinajstić information content (AvgIpc) is 2.59. The van der Waals surface area contributed by atoms with Gasteiger partial charge in [-0.2, -0.15) is 0 Å². The zero-order chi connectivity index (χ0) is 16.6. The van der Waals surface area contributed by atoms with Crippen molar-refractivity contribution in [2.45, 2.75) is 122 Å². The Bertz CT molecular complexity index is 238. The highest BCUT2D eigenvalue weighted by molar-refractivity contribution is 4.67. The molecule has 1 aliphatic heterocycles. The summed E-state index contributed by atoms with van der Waals surface area (Å²) in [6, 6.07) is 0. The summed E-state index contributed by atoms with van der Waals surface area (Å²) in [5.41, 5.74) is 0. The Labute approximate surface area is 146 Å². The normalized spacial score (nSPS) is 17.5. The molecular formula is C21H43NO. The molecule has 138 valence electrons. The predicted molar refractivity (Wildman–Crippen MR) is 102 cm³/mol. The summed E-state index contributed by atoms with van der Waals surface area (Å²) in [5.74, 6) is 0. The van der Waals surface area contributed by atoms with Crippen LogP contribution in [0.25, 0.3) is 0 Å². The van der Waals surface area contributed by atoms with Gasteiger partial charge >= 0.3 is 0 Å². The van der Waals surface area contributed by atoms with Crippen LogP contribution < -0.4 is 0 Å². The molecule has 1 fully saturated rings. The zero-order valence-corrected chi connectivity index (χ0v) is 15.9. The van der Waals surface area contributed by atoms with E-state index in [1.807, 2.05) is 0 Å². The maximum atomic E-state index is 10.2. The fourth-order valence-electron chi connectivity index (χ4n) is 3.74. The Hall–Kier alpha value is -0.0800. The minimum atomic E-state index is -0.164. The van der Waals surface area contributed by atoms with E-state index >= 15 is 0 Å². The third-order valence-electron chi connectivity index (χ3n) is 5.38. The lowest BCUT2D eigenvalue weighted by Crippen LogP contribution is -2.39. The first-order chi connectivity index (χ1) is 11.3. The van der Waals surface area contributed by atoms with E-state index in [9.17, 15) is 5.11 Å². The van der Waals surface area contributed by atoms with Crippen molar-refractivity contribution in [3.8, 4) is 0 Å². The number of nitrogens with zero attached hydrogens (tertiary/aromatic N) is 1. The molecule has 1 aliphatic rings. The lowest BCUT2D eigenvalue weighted by Gasteiger charge is -2.31. The van der Waals surface area contributed by atoms with E-state index in [1.165, 1.54) is 103 Å².